The number of methoxy groups -OCH3 is 1. The van der Waals surface area contributed by atoms with Crippen molar-refractivity contribution >= 4 is 16.0 Å². The fraction of sp³-hybridized carbons (Fsp3) is 0.533. The maximum Gasteiger partial charge on any atom is 0.338 e. The first-order valence-corrected chi connectivity index (χ1v) is 8.74. The van der Waals surface area contributed by atoms with Gasteiger partial charge >= 0.3 is 5.97 Å². The van der Waals surface area contributed by atoms with Crippen LogP contribution in [0, 0.1) is 12.8 Å². The molecule has 1 heterocycles. The third kappa shape index (κ3) is 3.16. The summed E-state index contributed by atoms with van der Waals surface area (Å²) in [4.78, 5) is 11.9. The SMILES string of the molecule is COC(=O)c1cccc(S(=O)(=O)N2CCC(CN)CC2)c1C. The highest BCUT2D eigenvalue weighted by atomic mass is 32.2. The van der Waals surface area contributed by atoms with Crippen molar-refractivity contribution in [2.75, 3.05) is 26.7 Å². The molecule has 2 rings (SSSR count). The molecule has 1 fully saturated rings. The molecule has 0 aliphatic carbocycles. The number of hydrogen-bond acceptors (Lipinski definition) is 5. The van der Waals surface area contributed by atoms with Gasteiger partial charge in [0.15, 0.2) is 0 Å². The summed E-state index contributed by atoms with van der Waals surface area (Å²) in [5.74, 6) is -0.148. The number of nitrogens with two attached hydrogens (primary N) is 1. The van der Waals surface area contributed by atoms with E-state index < -0.39 is 16.0 Å². The standard InChI is InChI=1S/C15H22N2O4S/c1-11-13(15(18)21-2)4-3-5-14(11)22(19,20)17-8-6-12(10-16)7-9-17/h3-5,12H,6-10,16H2,1-2H3. The van der Waals surface area contributed by atoms with Gasteiger partial charge in [0, 0.05) is 13.1 Å². The van der Waals surface area contributed by atoms with Crippen LogP contribution in [0.5, 0.6) is 0 Å². The molecule has 1 aromatic carbocycles. The van der Waals surface area contributed by atoms with Crippen LogP contribution in [0.4, 0.5) is 0 Å². The minimum atomic E-state index is -3.60. The molecule has 0 spiro atoms. The second kappa shape index (κ2) is 6.76. The number of carbonyl (C=O) groups excluding carboxylic acids is 1. The van der Waals surface area contributed by atoms with Gasteiger partial charge in [0.2, 0.25) is 10.0 Å². The van der Waals surface area contributed by atoms with E-state index in [4.69, 9.17) is 10.5 Å². The third-order valence-corrected chi connectivity index (χ3v) is 6.26. The zero-order valence-electron chi connectivity index (χ0n) is 12.9. The Morgan fingerprint density at radius 3 is 2.55 bits per heavy atom. The number of hydrogen-bond donors (Lipinski definition) is 1. The Hall–Kier alpha value is -1.44. The molecular formula is C15H22N2O4S. The molecule has 122 valence electrons. The first-order valence-electron chi connectivity index (χ1n) is 7.30. The molecule has 0 bridgehead atoms. The molecule has 6 nitrogen and oxygen atoms in total. The molecule has 7 heteroatoms. The number of sulfonamides is 1. The van der Waals surface area contributed by atoms with Crippen molar-refractivity contribution in [1.29, 1.82) is 0 Å². The number of carbonyl (C=O) groups is 1. The van der Waals surface area contributed by atoms with Gasteiger partial charge in [-0.2, -0.15) is 4.31 Å². The third-order valence-electron chi connectivity index (χ3n) is 4.21. The zero-order chi connectivity index (χ0) is 16.3. The highest BCUT2D eigenvalue weighted by Crippen LogP contribution is 2.27. The minimum Gasteiger partial charge on any atom is -0.465 e. The summed E-state index contributed by atoms with van der Waals surface area (Å²) in [6.45, 7) is 3.15. The van der Waals surface area contributed by atoms with Gasteiger partial charge < -0.3 is 10.5 Å². The molecule has 0 saturated carbocycles. The molecule has 0 radical (unpaired) electrons. The summed E-state index contributed by atoms with van der Waals surface area (Å²) in [7, 11) is -2.33. The molecular weight excluding hydrogens is 304 g/mol. The van der Waals surface area contributed by atoms with E-state index in [9.17, 15) is 13.2 Å². The highest BCUT2D eigenvalue weighted by molar-refractivity contribution is 7.89. The number of benzene rings is 1. The summed E-state index contributed by atoms with van der Waals surface area (Å²) in [5, 5.41) is 0. The van der Waals surface area contributed by atoms with E-state index in [1.54, 1.807) is 19.1 Å². The van der Waals surface area contributed by atoms with Crippen molar-refractivity contribution in [2.45, 2.75) is 24.7 Å². The van der Waals surface area contributed by atoms with Crippen LogP contribution >= 0.6 is 0 Å². The topological polar surface area (TPSA) is 89.7 Å². The molecule has 1 aliphatic heterocycles. The van der Waals surface area contributed by atoms with Gasteiger partial charge in [-0.1, -0.05) is 6.07 Å². The van der Waals surface area contributed by atoms with Crippen molar-refractivity contribution in [2.24, 2.45) is 11.7 Å². The normalized spacial score (nSPS) is 17.4. The van der Waals surface area contributed by atoms with Gasteiger partial charge in [0.25, 0.3) is 0 Å². The van der Waals surface area contributed by atoms with E-state index in [0.29, 0.717) is 31.1 Å². The van der Waals surface area contributed by atoms with Gasteiger partial charge in [0.1, 0.15) is 0 Å². The van der Waals surface area contributed by atoms with Gasteiger partial charge in [-0.25, -0.2) is 13.2 Å². The van der Waals surface area contributed by atoms with Crippen LogP contribution in [0.25, 0.3) is 0 Å². The summed E-state index contributed by atoms with van der Waals surface area (Å²) in [5.41, 5.74) is 6.35. The van der Waals surface area contributed by atoms with E-state index in [2.05, 4.69) is 0 Å². The Balaban J connectivity index is 2.33. The van der Waals surface area contributed by atoms with Crippen LogP contribution in [-0.4, -0.2) is 45.4 Å². The lowest BCUT2D eigenvalue weighted by Gasteiger charge is -2.31. The highest BCUT2D eigenvalue weighted by Gasteiger charge is 2.31. The Kier molecular flexibility index (Phi) is 5.20. The molecule has 1 aromatic rings. The summed E-state index contributed by atoms with van der Waals surface area (Å²) in [6.07, 6.45) is 1.54. The lowest BCUT2D eigenvalue weighted by molar-refractivity contribution is 0.0599. The number of nitrogens with zero attached hydrogens (tertiary/aromatic N) is 1. The van der Waals surface area contributed by atoms with Crippen molar-refractivity contribution in [3.63, 3.8) is 0 Å². The number of piperidine rings is 1. The van der Waals surface area contributed by atoms with Crippen LogP contribution in [0.2, 0.25) is 0 Å². The largest absolute Gasteiger partial charge is 0.465 e. The average Bonchev–Trinajstić information content (AvgIpc) is 2.54. The first kappa shape index (κ1) is 16.9. The van der Waals surface area contributed by atoms with E-state index in [1.165, 1.54) is 17.5 Å². The van der Waals surface area contributed by atoms with E-state index in [1.807, 2.05) is 0 Å². The molecule has 1 aliphatic rings. The zero-order valence-corrected chi connectivity index (χ0v) is 13.7. The van der Waals surface area contributed by atoms with E-state index >= 15 is 0 Å². The Labute approximate surface area is 131 Å². The fourth-order valence-corrected chi connectivity index (χ4v) is 4.47. The lowest BCUT2D eigenvalue weighted by Crippen LogP contribution is -2.40. The second-order valence-corrected chi connectivity index (χ2v) is 7.41. The second-order valence-electron chi connectivity index (χ2n) is 5.50. The Bertz CT molecular complexity index is 650. The summed E-state index contributed by atoms with van der Waals surface area (Å²) < 4.78 is 31.8. The van der Waals surface area contributed by atoms with E-state index in [-0.39, 0.29) is 10.5 Å². The molecule has 0 atom stereocenters. The Morgan fingerprint density at radius 2 is 2.00 bits per heavy atom. The monoisotopic (exact) mass is 326 g/mol. The van der Waals surface area contributed by atoms with Crippen LogP contribution in [0.3, 0.4) is 0 Å². The molecule has 0 amide bonds. The smallest absolute Gasteiger partial charge is 0.338 e. The molecule has 0 aromatic heterocycles. The van der Waals surface area contributed by atoms with Crippen molar-refractivity contribution in [3.05, 3.63) is 29.3 Å². The predicted octanol–water partition coefficient (Wildman–Crippen LogP) is 1.14. The minimum absolute atomic E-state index is 0.168. The van der Waals surface area contributed by atoms with Crippen molar-refractivity contribution in [3.8, 4) is 0 Å². The Morgan fingerprint density at radius 1 is 1.36 bits per heavy atom. The predicted molar refractivity (Wildman–Crippen MR) is 83.1 cm³/mol. The van der Waals surface area contributed by atoms with E-state index in [0.717, 1.165) is 12.8 Å². The lowest BCUT2D eigenvalue weighted by atomic mass is 9.99. The van der Waals surface area contributed by atoms with Crippen molar-refractivity contribution in [1.82, 2.24) is 4.31 Å². The number of esters is 1. The van der Waals surface area contributed by atoms with Crippen LogP contribution in [0.15, 0.2) is 23.1 Å². The summed E-state index contributed by atoms with van der Waals surface area (Å²) in [6, 6.07) is 4.67. The fourth-order valence-electron chi connectivity index (χ4n) is 2.75. The van der Waals surface area contributed by atoms with Gasteiger partial charge in [-0.15, -0.1) is 0 Å². The van der Waals surface area contributed by atoms with Gasteiger partial charge in [-0.3, -0.25) is 0 Å². The number of rotatable bonds is 4. The van der Waals surface area contributed by atoms with Crippen LogP contribution in [-0.2, 0) is 14.8 Å². The van der Waals surface area contributed by atoms with Gasteiger partial charge in [-0.05, 0) is 49.9 Å². The quantitative estimate of drug-likeness (QED) is 0.838. The van der Waals surface area contributed by atoms with Gasteiger partial charge in [0.05, 0.1) is 17.6 Å². The number of ether oxygens (including phenoxy) is 1. The summed E-state index contributed by atoms with van der Waals surface area (Å²) >= 11 is 0. The average molecular weight is 326 g/mol. The van der Waals surface area contributed by atoms with Crippen LogP contribution in [0.1, 0.15) is 28.8 Å². The maximum absolute atomic E-state index is 12.8. The molecule has 0 unspecified atom stereocenters. The molecule has 1 saturated heterocycles. The molecule has 22 heavy (non-hydrogen) atoms. The van der Waals surface area contributed by atoms with Crippen molar-refractivity contribution < 1.29 is 17.9 Å². The first-order chi connectivity index (χ1) is 10.4. The molecule has 2 N–H and O–H groups in total. The maximum atomic E-state index is 12.8. The van der Waals surface area contributed by atoms with Crippen LogP contribution < -0.4 is 5.73 Å².